The van der Waals surface area contributed by atoms with Crippen LogP contribution in [-0.4, -0.2) is 84.9 Å². The van der Waals surface area contributed by atoms with Crippen LogP contribution in [0.2, 0.25) is 0 Å². The normalized spacial score (nSPS) is 15.2. The Morgan fingerprint density at radius 1 is 1.23 bits per heavy atom. The molecule has 9 nitrogen and oxygen atoms in total. The van der Waals surface area contributed by atoms with Gasteiger partial charge < -0.3 is 14.5 Å². The van der Waals surface area contributed by atoms with Crippen molar-refractivity contribution in [2.45, 2.75) is 6.42 Å². The summed E-state index contributed by atoms with van der Waals surface area (Å²) >= 11 is 0. The number of amides is 2. The predicted molar refractivity (Wildman–Crippen MR) is 94.9 cm³/mol. The maximum atomic E-state index is 12.4. The molecule has 2 amide bonds. The summed E-state index contributed by atoms with van der Waals surface area (Å²) in [5.74, 6) is 0.164. The summed E-state index contributed by atoms with van der Waals surface area (Å²) in [5.41, 5.74) is -0.0778. The number of rotatable bonds is 6. The summed E-state index contributed by atoms with van der Waals surface area (Å²) < 4.78 is 5.41. The molecule has 0 radical (unpaired) electrons. The number of benzene rings is 1. The minimum atomic E-state index is -0.507. The summed E-state index contributed by atoms with van der Waals surface area (Å²) in [7, 11) is 3.45. The van der Waals surface area contributed by atoms with Gasteiger partial charge in [0.05, 0.1) is 17.5 Å². The second-order valence-electron chi connectivity index (χ2n) is 6.34. The van der Waals surface area contributed by atoms with Crippen LogP contribution in [-0.2, 0) is 9.59 Å². The number of carbonyl (C=O) groups is 2. The van der Waals surface area contributed by atoms with Crippen LogP contribution in [0.3, 0.4) is 0 Å². The van der Waals surface area contributed by atoms with Crippen LogP contribution >= 0.6 is 0 Å². The standard InChI is InChI=1S/C17H24N4O5/c1-18(2)16(22)12-19-7-4-8-20(10-9-19)17(23)13-26-15-6-3-5-14(11-15)21(24)25/h3,5-6,11H,4,7-10,12-13H2,1-2H3. The molecular weight excluding hydrogens is 340 g/mol. The van der Waals surface area contributed by atoms with Crippen molar-refractivity contribution in [3.63, 3.8) is 0 Å². The molecule has 2 rings (SSSR count). The Balaban J connectivity index is 1.83. The Kier molecular flexibility index (Phi) is 6.90. The number of non-ortho nitro benzene ring substituents is 1. The van der Waals surface area contributed by atoms with Gasteiger partial charge in [0.2, 0.25) is 5.91 Å². The quantitative estimate of drug-likeness (QED) is 0.542. The summed E-state index contributed by atoms with van der Waals surface area (Å²) in [6, 6.07) is 5.76. The number of carbonyl (C=O) groups excluding carboxylic acids is 2. The van der Waals surface area contributed by atoms with Crippen LogP contribution in [0.25, 0.3) is 0 Å². The summed E-state index contributed by atoms with van der Waals surface area (Å²) in [5, 5.41) is 10.8. The van der Waals surface area contributed by atoms with E-state index in [9.17, 15) is 19.7 Å². The molecule has 0 N–H and O–H groups in total. The van der Waals surface area contributed by atoms with Gasteiger partial charge in [-0.1, -0.05) is 6.07 Å². The van der Waals surface area contributed by atoms with Crippen LogP contribution in [0.4, 0.5) is 5.69 Å². The third kappa shape index (κ3) is 5.69. The third-order valence-electron chi connectivity index (χ3n) is 4.19. The molecule has 1 aliphatic heterocycles. The van der Waals surface area contributed by atoms with E-state index < -0.39 is 4.92 Å². The van der Waals surface area contributed by atoms with E-state index in [1.165, 1.54) is 18.2 Å². The van der Waals surface area contributed by atoms with E-state index >= 15 is 0 Å². The monoisotopic (exact) mass is 364 g/mol. The maximum absolute atomic E-state index is 12.4. The fourth-order valence-electron chi connectivity index (χ4n) is 2.63. The first-order chi connectivity index (χ1) is 12.4. The molecule has 0 spiro atoms. The highest BCUT2D eigenvalue weighted by molar-refractivity contribution is 5.78. The molecule has 1 aromatic rings. The molecule has 1 aliphatic rings. The van der Waals surface area contributed by atoms with E-state index in [0.717, 1.165) is 13.0 Å². The lowest BCUT2D eigenvalue weighted by atomic mass is 10.3. The molecule has 142 valence electrons. The second-order valence-corrected chi connectivity index (χ2v) is 6.34. The molecule has 0 saturated carbocycles. The van der Waals surface area contributed by atoms with Crippen molar-refractivity contribution in [2.75, 3.05) is 53.4 Å². The van der Waals surface area contributed by atoms with E-state index in [4.69, 9.17) is 4.74 Å². The van der Waals surface area contributed by atoms with Gasteiger partial charge in [-0.25, -0.2) is 0 Å². The van der Waals surface area contributed by atoms with Crippen molar-refractivity contribution in [2.24, 2.45) is 0 Å². The largest absolute Gasteiger partial charge is 0.484 e. The maximum Gasteiger partial charge on any atom is 0.273 e. The minimum absolute atomic E-state index is 0.0405. The van der Waals surface area contributed by atoms with Gasteiger partial charge in [0, 0.05) is 46.3 Å². The Labute approximate surface area is 152 Å². The molecular formula is C17H24N4O5. The van der Waals surface area contributed by atoms with E-state index in [-0.39, 0.29) is 24.1 Å². The Hall–Kier alpha value is -2.68. The fourth-order valence-corrected chi connectivity index (χ4v) is 2.63. The smallest absolute Gasteiger partial charge is 0.273 e. The van der Waals surface area contributed by atoms with E-state index in [0.29, 0.717) is 31.9 Å². The van der Waals surface area contributed by atoms with Crippen molar-refractivity contribution in [1.29, 1.82) is 0 Å². The van der Waals surface area contributed by atoms with Gasteiger partial charge in [0.1, 0.15) is 5.75 Å². The molecule has 1 fully saturated rings. The number of nitro benzene ring substituents is 1. The molecule has 0 bridgehead atoms. The Morgan fingerprint density at radius 2 is 2.00 bits per heavy atom. The fraction of sp³-hybridized carbons (Fsp3) is 0.529. The minimum Gasteiger partial charge on any atom is -0.484 e. The summed E-state index contributed by atoms with van der Waals surface area (Å²) in [4.78, 5) is 39.7. The first kappa shape index (κ1) is 19.6. The van der Waals surface area contributed by atoms with E-state index in [1.807, 2.05) is 4.90 Å². The molecule has 0 aliphatic carbocycles. The molecule has 0 atom stereocenters. The zero-order valence-corrected chi connectivity index (χ0v) is 15.1. The molecule has 1 saturated heterocycles. The number of hydrogen-bond donors (Lipinski definition) is 0. The average molecular weight is 364 g/mol. The van der Waals surface area contributed by atoms with Crippen molar-refractivity contribution < 1.29 is 19.2 Å². The Morgan fingerprint density at radius 3 is 2.69 bits per heavy atom. The van der Waals surface area contributed by atoms with Gasteiger partial charge in [-0.15, -0.1) is 0 Å². The van der Waals surface area contributed by atoms with Gasteiger partial charge >= 0.3 is 0 Å². The zero-order chi connectivity index (χ0) is 19.1. The lowest BCUT2D eigenvalue weighted by Gasteiger charge is -2.22. The molecule has 9 heteroatoms. The summed E-state index contributed by atoms with van der Waals surface area (Å²) in [6.45, 7) is 2.69. The highest BCUT2D eigenvalue weighted by Crippen LogP contribution is 2.19. The van der Waals surface area contributed by atoms with Crippen LogP contribution in [0.5, 0.6) is 5.75 Å². The van der Waals surface area contributed by atoms with Gasteiger partial charge in [0.15, 0.2) is 6.61 Å². The van der Waals surface area contributed by atoms with Crippen LogP contribution < -0.4 is 4.74 Å². The van der Waals surface area contributed by atoms with Crippen molar-refractivity contribution in [3.05, 3.63) is 34.4 Å². The third-order valence-corrected chi connectivity index (χ3v) is 4.19. The molecule has 1 aromatic carbocycles. The molecule has 0 unspecified atom stereocenters. The first-order valence-corrected chi connectivity index (χ1v) is 8.44. The van der Waals surface area contributed by atoms with Gasteiger partial charge in [-0.05, 0) is 12.5 Å². The van der Waals surface area contributed by atoms with E-state index in [2.05, 4.69) is 0 Å². The van der Waals surface area contributed by atoms with E-state index in [1.54, 1.807) is 30.0 Å². The van der Waals surface area contributed by atoms with Crippen LogP contribution in [0, 0.1) is 10.1 Å². The number of likely N-dealkylation sites (N-methyl/N-ethyl adjacent to an activating group) is 1. The average Bonchev–Trinajstić information content (AvgIpc) is 2.85. The molecule has 1 heterocycles. The zero-order valence-electron chi connectivity index (χ0n) is 15.1. The van der Waals surface area contributed by atoms with Crippen LogP contribution in [0.15, 0.2) is 24.3 Å². The van der Waals surface area contributed by atoms with Crippen molar-refractivity contribution >= 4 is 17.5 Å². The van der Waals surface area contributed by atoms with Gasteiger partial charge in [-0.2, -0.15) is 0 Å². The summed E-state index contributed by atoms with van der Waals surface area (Å²) in [6.07, 6.45) is 0.781. The molecule has 26 heavy (non-hydrogen) atoms. The second kappa shape index (κ2) is 9.14. The van der Waals surface area contributed by atoms with Crippen molar-refractivity contribution in [1.82, 2.24) is 14.7 Å². The lowest BCUT2D eigenvalue weighted by molar-refractivity contribution is -0.384. The van der Waals surface area contributed by atoms with Crippen molar-refractivity contribution in [3.8, 4) is 5.75 Å². The van der Waals surface area contributed by atoms with Gasteiger partial charge in [0.25, 0.3) is 11.6 Å². The number of ether oxygens (including phenoxy) is 1. The highest BCUT2D eigenvalue weighted by Gasteiger charge is 2.21. The van der Waals surface area contributed by atoms with Crippen LogP contribution in [0.1, 0.15) is 6.42 Å². The number of nitro groups is 1. The lowest BCUT2D eigenvalue weighted by Crippen LogP contribution is -2.40. The number of hydrogen-bond acceptors (Lipinski definition) is 6. The highest BCUT2D eigenvalue weighted by atomic mass is 16.6. The van der Waals surface area contributed by atoms with Gasteiger partial charge in [-0.3, -0.25) is 24.6 Å². The SMILES string of the molecule is CN(C)C(=O)CN1CCCN(C(=O)COc2cccc([N+](=O)[O-])c2)CC1. The topological polar surface area (TPSA) is 96.2 Å². The Bertz CT molecular complexity index is 664. The number of nitrogens with zero attached hydrogens (tertiary/aromatic N) is 4. The molecule has 0 aromatic heterocycles. The predicted octanol–water partition coefficient (Wildman–Crippen LogP) is 0.596. The first-order valence-electron chi connectivity index (χ1n) is 8.44.